The van der Waals surface area contributed by atoms with Gasteiger partial charge in [-0.05, 0) is 0 Å². The van der Waals surface area contributed by atoms with Crippen molar-refractivity contribution in [1.29, 1.82) is 0 Å². The van der Waals surface area contributed by atoms with Gasteiger partial charge < -0.3 is 7.58 Å². The van der Waals surface area contributed by atoms with Crippen LogP contribution in [0.4, 0.5) is 0 Å². The molecule has 0 aromatic carbocycles. The molecule has 2 N–H and O–H groups in total. The van der Waals surface area contributed by atoms with Gasteiger partial charge in [0.25, 0.3) is 0 Å². The van der Waals surface area contributed by atoms with Gasteiger partial charge in [0.15, 0.2) is 0 Å². The molecule has 0 unspecified atom stereocenters. The van der Waals surface area contributed by atoms with E-state index < -0.39 is 30.8 Å². The molecule has 0 saturated carbocycles. The van der Waals surface area contributed by atoms with Crippen molar-refractivity contribution in [2.24, 2.45) is 0 Å². The molecular formula is H3NNaO5V2-. The van der Waals surface area contributed by atoms with E-state index in [1.807, 2.05) is 0 Å². The number of nitrogens with two attached hydrogens (primary N) is 1. The quantitative estimate of drug-likeness (QED) is 0.471. The maximum atomic E-state index is 9.34. The molecule has 0 aliphatic rings. The Morgan fingerprint density at radius 2 is 1.22 bits per heavy atom. The van der Waals surface area contributed by atoms with Crippen LogP contribution in [0, 0.1) is 0 Å². The van der Waals surface area contributed by atoms with E-state index in [1.54, 1.807) is 0 Å². The summed E-state index contributed by atoms with van der Waals surface area (Å²) >= 11 is -7.69. The van der Waals surface area contributed by atoms with Crippen LogP contribution in [0.15, 0.2) is 0 Å². The number of rotatable bonds is 2. The van der Waals surface area contributed by atoms with Crippen LogP contribution in [0.5, 0.6) is 0 Å². The van der Waals surface area contributed by atoms with Crippen LogP contribution in [0.1, 0.15) is 1.43 Å². The molecule has 0 heterocycles. The SMILES string of the molecule is [H-].[NH2-].[Na+].[O]=[V](=[O])[O][V](=[O])=[O]. The van der Waals surface area contributed by atoms with Gasteiger partial charge in [-0.15, -0.1) is 0 Å². The van der Waals surface area contributed by atoms with Gasteiger partial charge in [0, 0.05) is 0 Å². The molecule has 6 nitrogen and oxygen atoms in total. The van der Waals surface area contributed by atoms with E-state index in [-0.39, 0.29) is 37.1 Å². The molecule has 0 bridgehead atoms. The summed E-state index contributed by atoms with van der Waals surface area (Å²) in [6, 6.07) is 0. The zero-order chi connectivity index (χ0) is 5.86. The van der Waals surface area contributed by atoms with E-state index in [1.165, 1.54) is 0 Å². The van der Waals surface area contributed by atoms with E-state index >= 15 is 0 Å². The van der Waals surface area contributed by atoms with E-state index in [4.69, 9.17) is 0 Å². The second-order valence-electron chi connectivity index (χ2n) is 0.529. The van der Waals surface area contributed by atoms with Crippen molar-refractivity contribution in [1.82, 2.24) is 0 Å². The Morgan fingerprint density at radius 3 is 1.22 bits per heavy atom. The summed E-state index contributed by atoms with van der Waals surface area (Å²) in [5, 5.41) is 0. The average Bonchev–Trinajstić information content (AvgIpc) is 1.27. The van der Waals surface area contributed by atoms with Crippen molar-refractivity contribution in [3.05, 3.63) is 6.15 Å². The molecule has 0 atom stereocenters. The molecule has 0 rings (SSSR count). The molecule has 9 heteroatoms. The Bertz CT molecular complexity index is 148. The normalized spacial score (nSPS) is 6.22. The molecule has 0 aromatic heterocycles. The summed E-state index contributed by atoms with van der Waals surface area (Å²) in [4.78, 5) is 0. The van der Waals surface area contributed by atoms with E-state index in [0.29, 0.717) is 0 Å². The standard InChI is InChI=1S/H2N.Na.5O.2V.H/h1H2;;;;;;;;;/q-1;+1;;;;;;;;-1. The molecular weight excluding hydrogens is 219 g/mol. The van der Waals surface area contributed by atoms with Crippen LogP contribution in [0.2, 0.25) is 0 Å². The van der Waals surface area contributed by atoms with Crippen LogP contribution in [0.3, 0.4) is 0 Å². The third-order valence-corrected chi connectivity index (χ3v) is 2.27. The predicted octanol–water partition coefficient (Wildman–Crippen LogP) is -2.71. The van der Waals surface area contributed by atoms with Gasteiger partial charge in [-0.2, -0.15) is 0 Å². The Hall–Kier alpha value is 1.29. The number of hydrogen-bond donors (Lipinski definition) is 0. The van der Waals surface area contributed by atoms with Crippen molar-refractivity contribution in [2.45, 2.75) is 0 Å². The fourth-order valence-corrected chi connectivity index (χ4v) is 0.925. The van der Waals surface area contributed by atoms with Crippen LogP contribution in [-0.2, 0) is 48.1 Å². The summed E-state index contributed by atoms with van der Waals surface area (Å²) < 4.78 is 40.7. The molecule has 0 aliphatic heterocycles. The molecule has 0 aromatic rings. The Labute approximate surface area is 84.4 Å². The third-order valence-electron chi connectivity index (χ3n) is 0.133. The molecule has 0 amide bonds. The van der Waals surface area contributed by atoms with Gasteiger partial charge in [0.05, 0.1) is 0 Å². The van der Waals surface area contributed by atoms with Gasteiger partial charge in [-0.3, -0.25) is 0 Å². The Morgan fingerprint density at radius 1 is 1.00 bits per heavy atom. The minimum atomic E-state index is -3.84. The average molecular weight is 222 g/mol. The molecule has 50 valence electrons. The third kappa shape index (κ3) is 17.6. The van der Waals surface area contributed by atoms with E-state index in [0.717, 1.165) is 0 Å². The Balaban J connectivity index is -0.0000000600. The predicted molar refractivity (Wildman–Crippen MR) is 10.2 cm³/mol. The molecule has 0 fully saturated rings. The van der Waals surface area contributed by atoms with Crippen LogP contribution in [0.25, 0.3) is 6.15 Å². The zero-order valence-corrected chi connectivity index (χ0v) is 9.31. The van der Waals surface area contributed by atoms with Gasteiger partial charge in [0.2, 0.25) is 0 Å². The van der Waals surface area contributed by atoms with E-state index in [2.05, 4.69) is 2.59 Å². The van der Waals surface area contributed by atoms with Crippen molar-refractivity contribution < 1.29 is 79.1 Å². The summed E-state index contributed by atoms with van der Waals surface area (Å²) in [6.07, 6.45) is 0. The van der Waals surface area contributed by atoms with Gasteiger partial charge in [0.1, 0.15) is 0 Å². The fourth-order valence-electron chi connectivity index (χ4n) is 0.0544. The van der Waals surface area contributed by atoms with Crippen LogP contribution < -0.4 is 29.6 Å². The first-order valence-electron chi connectivity index (χ1n) is 1.10. The van der Waals surface area contributed by atoms with Crippen molar-refractivity contribution in [3.8, 4) is 0 Å². The van der Waals surface area contributed by atoms with Gasteiger partial charge in [-0.1, -0.05) is 0 Å². The van der Waals surface area contributed by atoms with Crippen LogP contribution >= 0.6 is 0 Å². The molecule has 0 saturated heterocycles. The number of hydrogen-bond acceptors (Lipinski definition) is 5. The zero-order valence-electron chi connectivity index (χ0n) is 5.51. The first-order chi connectivity index (χ1) is 3.13. The first-order valence-corrected chi connectivity index (χ1v) is 4.52. The second-order valence-corrected chi connectivity index (χ2v) is 3.23. The molecule has 0 spiro atoms. The summed E-state index contributed by atoms with van der Waals surface area (Å²) in [7, 11) is 0. The fraction of sp³-hybridized carbons (Fsp3) is 0. The van der Waals surface area contributed by atoms with Crippen molar-refractivity contribution in [2.75, 3.05) is 0 Å². The summed E-state index contributed by atoms with van der Waals surface area (Å²) in [5.41, 5.74) is 0. The Kier molecular flexibility index (Phi) is 17.2. The van der Waals surface area contributed by atoms with E-state index in [9.17, 15) is 14.7 Å². The molecule has 9 heavy (non-hydrogen) atoms. The van der Waals surface area contributed by atoms with Crippen molar-refractivity contribution in [3.63, 3.8) is 0 Å². The monoisotopic (exact) mass is 222 g/mol. The summed E-state index contributed by atoms with van der Waals surface area (Å²) in [6.45, 7) is 0. The minimum absolute atomic E-state index is 0. The molecule has 0 aliphatic carbocycles. The summed E-state index contributed by atoms with van der Waals surface area (Å²) in [5.74, 6) is 0. The van der Waals surface area contributed by atoms with Gasteiger partial charge in [-0.25, -0.2) is 0 Å². The topological polar surface area (TPSA) is 111 Å². The van der Waals surface area contributed by atoms with Crippen LogP contribution in [-0.4, -0.2) is 0 Å². The first kappa shape index (κ1) is 16.7. The molecule has 0 radical (unpaired) electrons. The van der Waals surface area contributed by atoms with Crippen molar-refractivity contribution >= 4 is 0 Å². The second kappa shape index (κ2) is 9.29. The maximum absolute atomic E-state index is 9.34. The van der Waals surface area contributed by atoms with Gasteiger partial charge >= 0.3 is 77.6 Å².